The average molecular weight is 355 g/mol. The second-order valence-corrected chi connectivity index (χ2v) is 9.20. The zero-order valence-corrected chi connectivity index (χ0v) is 14.1. The summed E-state index contributed by atoms with van der Waals surface area (Å²) in [5.74, 6) is -1.31. The molecule has 24 heavy (non-hydrogen) atoms. The van der Waals surface area contributed by atoms with Gasteiger partial charge in [-0.15, -0.1) is 0 Å². The first-order valence-corrected chi connectivity index (χ1v) is 9.19. The normalized spacial score (nSPS) is 32.2. The first-order valence-electron chi connectivity index (χ1n) is 7.54. The first kappa shape index (κ1) is 16.8. The van der Waals surface area contributed by atoms with Gasteiger partial charge in [-0.05, 0) is 38.7 Å². The van der Waals surface area contributed by atoms with Gasteiger partial charge in [0.25, 0.3) is 5.69 Å². The number of aliphatic imine (C=N–C) groups is 1. The number of nitro benzene ring substituents is 1. The summed E-state index contributed by atoms with van der Waals surface area (Å²) in [6.45, 7) is 2.99. The van der Waals surface area contributed by atoms with E-state index >= 15 is 0 Å². The molecular weight excluding hydrogens is 337 g/mol. The fourth-order valence-electron chi connectivity index (χ4n) is 3.36. The topological polar surface area (TPSA) is 116 Å². The minimum Gasteiger partial charge on any atom is -0.386 e. The second kappa shape index (κ2) is 4.98. The highest BCUT2D eigenvalue weighted by molar-refractivity contribution is 7.93. The molecule has 1 aliphatic carbocycles. The highest BCUT2D eigenvalue weighted by Gasteiger charge is 2.59. The molecule has 1 aromatic rings. The van der Waals surface area contributed by atoms with E-state index in [9.17, 15) is 22.9 Å². The summed E-state index contributed by atoms with van der Waals surface area (Å²) >= 11 is 0. The van der Waals surface area contributed by atoms with Gasteiger partial charge in [0, 0.05) is 17.7 Å². The first-order chi connectivity index (χ1) is 11.0. The number of hydrogen-bond acceptors (Lipinski definition) is 6. The van der Waals surface area contributed by atoms with Crippen LogP contribution in [0.3, 0.4) is 0 Å². The Labute approximate surface area is 138 Å². The molecule has 9 heteroatoms. The number of hydrogen-bond donors (Lipinski definition) is 1. The Bertz CT molecular complexity index is 865. The van der Waals surface area contributed by atoms with Gasteiger partial charge in [0.05, 0.1) is 10.7 Å². The van der Waals surface area contributed by atoms with E-state index in [2.05, 4.69) is 4.99 Å². The molecule has 0 radical (unpaired) electrons. The smallest absolute Gasteiger partial charge is 0.270 e. The number of nitrogens with two attached hydrogens (primary N) is 1. The molecule has 3 rings (SSSR count). The van der Waals surface area contributed by atoms with Crippen molar-refractivity contribution in [2.75, 3.05) is 5.75 Å². The Kier molecular flexibility index (Phi) is 3.49. The van der Waals surface area contributed by atoms with Crippen LogP contribution in [0.4, 0.5) is 10.1 Å². The van der Waals surface area contributed by atoms with Gasteiger partial charge in [0.2, 0.25) is 0 Å². The largest absolute Gasteiger partial charge is 0.386 e. The number of nitro groups is 1. The molecule has 2 N–H and O–H groups in total. The van der Waals surface area contributed by atoms with Crippen molar-refractivity contribution in [3.05, 3.63) is 39.7 Å². The third-order valence-electron chi connectivity index (χ3n) is 5.09. The van der Waals surface area contributed by atoms with E-state index in [4.69, 9.17) is 5.73 Å². The molecular formula is C15H18FN3O4S. The Hall–Kier alpha value is -2.03. The Morgan fingerprint density at radius 3 is 2.50 bits per heavy atom. The predicted octanol–water partition coefficient (Wildman–Crippen LogP) is 1.90. The Morgan fingerprint density at radius 1 is 1.38 bits per heavy atom. The number of nitrogens with zero attached hydrogens (tertiary/aromatic N) is 2. The molecule has 0 amide bonds. The van der Waals surface area contributed by atoms with Crippen LogP contribution < -0.4 is 5.73 Å². The molecule has 0 aromatic heterocycles. The van der Waals surface area contributed by atoms with Gasteiger partial charge in [-0.2, -0.15) is 0 Å². The lowest BCUT2D eigenvalue weighted by molar-refractivity contribution is -0.385. The van der Waals surface area contributed by atoms with E-state index in [0.717, 1.165) is 31.0 Å². The van der Waals surface area contributed by atoms with Crippen LogP contribution in [0.5, 0.6) is 0 Å². The van der Waals surface area contributed by atoms with E-state index in [0.29, 0.717) is 0 Å². The van der Waals surface area contributed by atoms with Gasteiger partial charge in [-0.3, -0.25) is 15.1 Å². The quantitative estimate of drug-likeness (QED) is 0.657. The minimum atomic E-state index is -3.71. The third-order valence-corrected chi connectivity index (χ3v) is 7.87. The molecule has 130 valence electrons. The SMILES string of the molecule is C[C@@]1(C2CC2)C(N)=N[C@](C)(c2cc([N+](=O)[O-])ccc2F)CS1(=O)=O. The molecule has 7 nitrogen and oxygen atoms in total. The highest BCUT2D eigenvalue weighted by atomic mass is 32.2. The highest BCUT2D eigenvalue weighted by Crippen LogP contribution is 2.49. The summed E-state index contributed by atoms with van der Waals surface area (Å²) in [5.41, 5.74) is 4.05. The van der Waals surface area contributed by atoms with Crippen LogP contribution in [0.15, 0.2) is 23.2 Å². The fourth-order valence-corrected chi connectivity index (χ4v) is 5.73. The third kappa shape index (κ3) is 2.29. The molecule has 1 heterocycles. The van der Waals surface area contributed by atoms with E-state index in [-0.39, 0.29) is 23.0 Å². The van der Waals surface area contributed by atoms with E-state index in [1.54, 1.807) is 6.92 Å². The standard InChI is InChI=1S/C15H18FN3O4S/c1-14(11-7-10(19(20)21)5-6-12(11)16)8-24(22,23)15(2,9-3-4-9)13(17)18-14/h5-7,9H,3-4,8H2,1-2H3,(H2,17,18)/t14-,15+/m0/s1. The second-order valence-electron chi connectivity index (χ2n) is 6.83. The molecule has 0 saturated heterocycles. The van der Waals surface area contributed by atoms with Crippen LogP contribution in [-0.2, 0) is 15.4 Å². The van der Waals surface area contributed by atoms with Gasteiger partial charge in [0.15, 0.2) is 9.84 Å². The number of amidine groups is 1. The number of halogens is 1. The molecule has 1 fully saturated rings. The van der Waals surface area contributed by atoms with Crippen molar-refractivity contribution in [1.82, 2.24) is 0 Å². The number of benzene rings is 1. The molecule has 1 aromatic carbocycles. The van der Waals surface area contributed by atoms with Crippen LogP contribution in [0.2, 0.25) is 0 Å². The zero-order chi connectivity index (χ0) is 17.9. The van der Waals surface area contributed by atoms with Crippen LogP contribution >= 0.6 is 0 Å². The van der Waals surface area contributed by atoms with Crippen molar-refractivity contribution in [3.63, 3.8) is 0 Å². The van der Waals surface area contributed by atoms with Crippen LogP contribution in [0.25, 0.3) is 0 Å². The molecule has 0 unspecified atom stereocenters. The van der Waals surface area contributed by atoms with Crippen LogP contribution in [0, 0.1) is 21.8 Å². The van der Waals surface area contributed by atoms with Crippen LogP contribution in [-0.4, -0.2) is 29.7 Å². The van der Waals surface area contributed by atoms with Crippen molar-refractivity contribution in [2.24, 2.45) is 16.6 Å². The van der Waals surface area contributed by atoms with Gasteiger partial charge in [0.1, 0.15) is 21.9 Å². The summed E-state index contributed by atoms with van der Waals surface area (Å²) in [6, 6.07) is 3.01. The van der Waals surface area contributed by atoms with Crippen molar-refractivity contribution in [2.45, 2.75) is 37.0 Å². The predicted molar refractivity (Wildman–Crippen MR) is 86.9 cm³/mol. The van der Waals surface area contributed by atoms with Crippen LogP contribution in [0.1, 0.15) is 32.3 Å². The van der Waals surface area contributed by atoms with Crippen molar-refractivity contribution >= 4 is 21.4 Å². The maximum Gasteiger partial charge on any atom is 0.270 e. The van der Waals surface area contributed by atoms with Crippen molar-refractivity contribution in [1.29, 1.82) is 0 Å². The van der Waals surface area contributed by atoms with Gasteiger partial charge in [-0.25, -0.2) is 12.8 Å². The molecule has 1 aliphatic heterocycles. The Balaban J connectivity index is 2.17. The van der Waals surface area contributed by atoms with Gasteiger partial charge >= 0.3 is 0 Å². The molecule has 0 spiro atoms. The zero-order valence-electron chi connectivity index (χ0n) is 13.3. The Morgan fingerprint density at radius 2 is 2.00 bits per heavy atom. The molecule has 2 aliphatic rings. The molecule has 0 bridgehead atoms. The minimum absolute atomic E-state index is 0.0512. The lowest BCUT2D eigenvalue weighted by Gasteiger charge is -2.40. The average Bonchev–Trinajstić information content (AvgIpc) is 3.28. The van der Waals surface area contributed by atoms with Gasteiger partial charge < -0.3 is 5.73 Å². The molecule has 1 saturated carbocycles. The lowest BCUT2D eigenvalue weighted by Crippen LogP contribution is -2.58. The van der Waals surface area contributed by atoms with Crippen molar-refractivity contribution < 1.29 is 17.7 Å². The number of sulfone groups is 1. The lowest BCUT2D eigenvalue weighted by atomic mass is 9.92. The van der Waals surface area contributed by atoms with Gasteiger partial charge in [-0.1, -0.05) is 0 Å². The summed E-state index contributed by atoms with van der Waals surface area (Å²) in [6.07, 6.45) is 1.52. The van der Waals surface area contributed by atoms with Crippen molar-refractivity contribution in [3.8, 4) is 0 Å². The van der Waals surface area contributed by atoms with E-state index < -0.39 is 36.6 Å². The number of rotatable bonds is 3. The summed E-state index contributed by atoms with van der Waals surface area (Å²) in [5, 5.41) is 10.9. The van der Waals surface area contributed by atoms with E-state index in [1.807, 2.05) is 0 Å². The monoisotopic (exact) mass is 355 g/mol. The number of non-ortho nitro benzene ring substituents is 1. The molecule has 2 atom stereocenters. The fraction of sp³-hybridized carbons (Fsp3) is 0.533. The van der Waals surface area contributed by atoms with E-state index in [1.165, 1.54) is 6.92 Å². The summed E-state index contributed by atoms with van der Waals surface area (Å²) in [4.78, 5) is 14.6. The summed E-state index contributed by atoms with van der Waals surface area (Å²) < 4.78 is 38.8. The summed E-state index contributed by atoms with van der Waals surface area (Å²) in [7, 11) is -3.71. The maximum atomic E-state index is 14.3. The maximum absolute atomic E-state index is 14.3.